The summed E-state index contributed by atoms with van der Waals surface area (Å²) in [4.78, 5) is 11.1. The van der Waals surface area contributed by atoms with Crippen molar-refractivity contribution in [1.29, 1.82) is 0 Å². The fourth-order valence-electron chi connectivity index (χ4n) is 1.57. The normalized spacial score (nSPS) is 29.2. The van der Waals surface area contributed by atoms with E-state index in [1.807, 2.05) is 13.8 Å². The molecule has 0 aromatic heterocycles. The molecule has 7 heteroatoms. The molecule has 0 bridgehead atoms. The van der Waals surface area contributed by atoms with E-state index in [4.69, 9.17) is 10.2 Å². The Hall–Kier alpha value is -0.660. The Bertz CT molecular complexity index is 494. The lowest BCUT2D eigenvalue weighted by atomic mass is 9.91. The molecule has 0 fully saturated rings. The van der Waals surface area contributed by atoms with Gasteiger partial charge in [-0.2, -0.15) is 0 Å². The van der Waals surface area contributed by atoms with E-state index in [2.05, 4.69) is 15.9 Å². The van der Waals surface area contributed by atoms with Crippen LogP contribution in [0.3, 0.4) is 0 Å². The first-order chi connectivity index (χ1) is 7.59. The van der Waals surface area contributed by atoms with E-state index >= 15 is 0 Å². The minimum Gasteiger partial charge on any atom is -0.481 e. The number of rotatable bonds is 3. The lowest BCUT2D eigenvalue weighted by Crippen LogP contribution is -2.46. The van der Waals surface area contributed by atoms with Gasteiger partial charge in [-0.25, -0.2) is 13.6 Å². The fourth-order valence-corrected chi connectivity index (χ4v) is 3.02. The van der Waals surface area contributed by atoms with E-state index in [0.29, 0.717) is 0 Å². The zero-order chi connectivity index (χ0) is 13.4. The molecule has 0 aliphatic heterocycles. The highest BCUT2D eigenvalue weighted by atomic mass is 79.9. The highest BCUT2D eigenvalue weighted by molar-refractivity contribution is 9.11. The molecule has 0 saturated carbocycles. The zero-order valence-corrected chi connectivity index (χ0v) is 11.8. The van der Waals surface area contributed by atoms with Gasteiger partial charge in [0.05, 0.1) is 0 Å². The molecule has 96 valence electrons. The molecule has 1 aliphatic carbocycles. The molecule has 0 aromatic rings. The Morgan fingerprint density at radius 3 is 2.47 bits per heavy atom. The molecule has 17 heavy (non-hydrogen) atoms. The summed E-state index contributed by atoms with van der Waals surface area (Å²) in [5, 5.41) is 14.2. The lowest BCUT2D eigenvalue weighted by Gasteiger charge is -2.30. The number of halogens is 1. The van der Waals surface area contributed by atoms with Crippen LogP contribution in [0.15, 0.2) is 23.8 Å². The van der Waals surface area contributed by atoms with Crippen LogP contribution >= 0.6 is 15.9 Å². The number of carbonyl (C=O) groups is 1. The van der Waals surface area contributed by atoms with Gasteiger partial charge in [0, 0.05) is 0 Å². The monoisotopic (exact) mass is 323 g/mol. The first-order valence-corrected chi connectivity index (χ1v) is 7.28. The van der Waals surface area contributed by atoms with E-state index in [9.17, 15) is 13.2 Å². The highest BCUT2D eigenvalue weighted by Gasteiger charge is 2.49. The molecule has 0 spiro atoms. The Morgan fingerprint density at radius 2 is 2.12 bits per heavy atom. The van der Waals surface area contributed by atoms with Crippen molar-refractivity contribution in [3.8, 4) is 0 Å². The second-order valence-electron chi connectivity index (χ2n) is 4.22. The maximum Gasteiger partial charge on any atom is 0.313 e. The Labute approximate surface area is 109 Å². The minimum atomic E-state index is -4.08. The van der Waals surface area contributed by atoms with Crippen molar-refractivity contribution in [1.82, 2.24) is 0 Å². The summed E-state index contributed by atoms with van der Waals surface area (Å²) in [6.07, 6.45) is 4.33. The highest BCUT2D eigenvalue weighted by Crippen LogP contribution is 2.40. The number of primary sulfonamides is 1. The Balaban J connectivity index is 3.38. The maximum absolute atomic E-state index is 11.6. The van der Waals surface area contributed by atoms with Crippen LogP contribution in [0.5, 0.6) is 0 Å². The average molecular weight is 324 g/mol. The number of hydrogen-bond acceptors (Lipinski definition) is 3. The van der Waals surface area contributed by atoms with Crippen LogP contribution in [0, 0.1) is 11.8 Å². The summed E-state index contributed by atoms with van der Waals surface area (Å²) in [5.41, 5.74) is 0.730. The van der Waals surface area contributed by atoms with Crippen LogP contribution in [0.4, 0.5) is 0 Å². The largest absolute Gasteiger partial charge is 0.481 e. The van der Waals surface area contributed by atoms with Crippen molar-refractivity contribution >= 4 is 31.9 Å². The number of hydrogen-bond donors (Lipinski definition) is 2. The second-order valence-corrected chi connectivity index (χ2v) is 7.82. The average Bonchev–Trinajstić information content (AvgIpc) is 2.14. The van der Waals surface area contributed by atoms with Crippen LogP contribution in [0.2, 0.25) is 0 Å². The van der Waals surface area contributed by atoms with Gasteiger partial charge >= 0.3 is 5.97 Å². The van der Waals surface area contributed by atoms with Crippen LogP contribution in [0.1, 0.15) is 13.8 Å². The molecule has 0 saturated heterocycles. The standard InChI is InChI=1S/C10H14BrNO4S/c1-6(2)7-3-4-8(9(13)14)10(11,5-7)17(12,15)16/h3-6,8H,1-2H3,(H,13,14)(H2,12,15,16). The number of carboxylic acids is 1. The Morgan fingerprint density at radius 1 is 1.59 bits per heavy atom. The molecule has 3 N–H and O–H groups in total. The topological polar surface area (TPSA) is 97.5 Å². The quantitative estimate of drug-likeness (QED) is 0.763. The number of sulfonamides is 1. The van der Waals surface area contributed by atoms with Gasteiger partial charge in [-0.05, 0) is 17.6 Å². The van der Waals surface area contributed by atoms with Gasteiger partial charge in [0.15, 0.2) is 3.66 Å². The lowest BCUT2D eigenvalue weighted by molar-refractivity contribution is -0.140. The van der Waals surface area contributed by atoms with Crippen LogP contribution < -0.4 is 5.14 Å². The summed E-state index contributed by atoms with van der Waals surface area (Å²) < 4.78 is 21.4. The van der Waals surface area contributed by atoms with Crippen LogP contribution in [-0.2, 0) is 14.8 Å². The van der Waals surface area contributed by atoms with E-state index in [1.54, 1.807) is 6.08 Å². The summed E-state index contributed by atoms with van der Waals surface area (Å²) in [6.45, 7) is 3.77. The van der Waals surface area contributed by atoms with E-state index in [1.165, 1.54) is 12.2 Å². The third kappa shape index (κ3) is 2.61. The molecule has 1 rings (SSSR count). The zero-order valence-electron chi connectivity index (χ0n) is 9.42. The van der Waals surface area contributed by atoms with Crippen molar-refractivity contribution in [3.63, 3.8) is 0 Å². The molecular weight excluding hydrogens is 310 g/mol. The number of nitrogens with two attached hydrogens (primary N) is 1. The molecule has 0 amide bonds. The number of aliphatic carboxylic acids is 1. The third-order valence-electron chi connectivity index (χ3n) is 2.64. The molecule has 2 atom stereocenters. The molecule has 1 aliphatic rings. The van der Waals surface area contributed by atoms with Gasteiger partial charge in [-0.15, -0.1) is 0 Å². The SMILES string of the molecule is CC(C)C1=CC(Br)(S(N)(=O)=O)C(C(=O)O)C=C1. The number of alkyl halides is 1. The molecule has 5 nitrogen and oxygen atoms in total. The molecular formula is C10H14BrNO4S. The van der Waals surface area contributed by atoms with Gasteiger partial charge < -0.3 is 5.11 Å². The minimum absolute atomic E-state index is 0.0830. The van der Waals surface area contributed by atoms with Crippen molar-refractivity contribution in [2.45, 2.75) is 17.5 Å². The smallest absolute Gasteiger partial charge is 0.313 e. The van der Waals surface area contributed by atoms with E-state index in [0.717, 1.165) is 5.57 Å². The third-order valence-corrected chi connectivity index (χ3v) is 5.96. The van der Waals surface area contributed by atoms with Crippen molar-refractivity contribution in [3.05, 3.63) is 23.8 Å². The van der Waals surface area contributed by atoms with E-state index < -0.39 is 25.6 Å². The first kappa shape index (κ1) is 14.4. The molecule has 0 radical (unpaired) electrons. The fraction of sp³-hybridized carbons (Fsp3) is 0.500. The predicted molar refractivity (Wildman–Crippen MR) is 68.0 cm³/mol. The van der Waals surface area contributed by atoms with Crippen molar-refractivity contribution in [2.75, 3.05) is 0 Å². The predicted octanol–water partition coefficient (Wildman–Crippen LogP) is 1.22. The maximum atomic E-state index is 11.6. The van der Waals surface area contributed by atoms with Gasteiger partial charge in [0.2, 0.25) is 10.0 Å². The van der Waals surface area contributed by atoms with Gasteiger partial charge in [-0.3, -0.25) is 4.79 Å². The van der Waals surface area contributed by atoms with Gasteiger partial charge in [0.1, 0.15) is 5.92 Å². The number of allylic oxidation sites excluding steroid dienone is 2. The number of carboxylic acid groups (broad SMARTS) is 1. The molecule has 2 unspecified atom stereocenters. The van der Waals surface area contributed by atoms with Crippen molar-refractivity contribution < 1.29 is 18.3 Å². The first-order valence-electron chi connectivity index (χ1n) is 4.94. The summed E-state index contributed by atoms with van der Waals surface area (Å²) in [5.74, 6) is -2.40. The van der Waals surface area contributed by atoms with Gasteiger partial charge in [0.25, 0.3) is 0 Å². The summed E-state index contributed by atoms with van der Waals surface area (Å²) in [6, 6.07) is 0. The van der Waals surface area contributed by atoms with Crippen molar-refractivity contribution in [2.24, 2.45) is 17.0 Å². The van der Waals surface area contributed by atoms with E-state index in [-0.39, 0.29) is 5.92 Å². The van der Waals surface area contributed by atoms with Crippen LogP contribution in [-0.4, -0.2) is 23.1 Å². The summed E-state index contributed by atoms with van der Waals surface area (Å²) >= 11 is 2.97. The molecule has 0 aromatic carbocycles. The second kappa shape index (κ2) is 4.55. The van der Waals surface area contributed by atoms with Gasteiger partial charge in [-0.1, -0.05) is 41.9 Å². The van der Waals surface area contributed by atoms with Crippen LogP contribution in [0.25, 0.3) is 0 Å². The molecule has 0 heterocycles. The summed E-state index contributed by atoms with van der Waals surface area (Å²) in [7, 11) is -4.08. The Kier molecular flexibility index (Phi) is 3.85.